The van der Waals surface area contributed by atoms with Crippen molar-refractivity contribution in [1.82, 2.24) is 14.5 Å². The predicted octanol–water partition coefficient (Wildman–Crippen LogP) is 2.57. The standard InChI is InChI=1S/C16H19N3O2S/c1-18-6-2-3-12(18)13-9-21-8-7-19(13)16(20)15-14(11-4-5-11)17-10-22-15/h2-3,6,10-11,13H,4-5,7-9H2,1H3/t13-/m0/s1. The molecule has 0 radical (unpaired) electrons. The molecule has 2 aromatic heterocycles. The maximum atomic E-state index is 13.1. The summed E-state index contributed by atoms with van der Waals surface area (Å²) in [4.78, 5) is 20.3. The number of ether oxygens (including phenoxy) is 1. The van der Waals surface area contributed by atoms with E-state index in [1.165, 1.54) is 11.3 Å². The number of aromatic nitrogens is 2. The molecular weight excluding hydrogens is 298 g/mol. The minimum absolute atomic E-state index is 0.0181. The van der Waals surface area contributed by atoms with Crippen molar-refractivity contribution in [3.63, 3.8) is 0 Å². The highest BCUT2D eigenvalue weighted by Crippen LogP contribution is 2.42. The summed E-state index contributed by atoms with van der Waals surface area (Å²) in [6.07, 6.45) is 4.33. The average Bonchev–Trinajstić information content (AvgIpc) is 3.11. The lowest BCUT2D eigenvalue weighted by atomic mass is 10.1. The summed E-state index contributed by atoms with van der Waals surface area (Å²) in [6.45, 7) is 1.79. The van der Waals surface area contributed by atoms with Crippen LogP contribution in [0.1, 0.15) is 45.9 Å². The molecule has 1 aliphatic carbocycles. The van der Waals surface area contributed by atoms with E-state index in [2.05, 4.69) is 15.6 Å². The first-order valence-corrected chi connectivity index (χ1v) is 8.57. The summed E-state index contributed by atoms with van der Waals surface area (Å²) >= 11 is 1.47. The number of hydrogen-bond donors (Lipinski definition) is 0. The van der Waals surface area contributed by atoms with E-state index in [0.717, 1.165) is 29.1 Å². The largest absolute Gasteiger partial charge is 0.377 e. The van der Waals surface area contributed by atoms with Crippen molar-refractivity contribution in [2.45, 2.75) is 24.8 Å². The quantitative estimate of drug-likeness (QED) is 0.874. The summed E-state index contributed by atoms with van der Waals surface area (Å²) in [5.41, 5.74) is 3.93. The predicted molar refractivity (Wildman–Crippen MR) is 84.1 cm³/mol. The minimum atomic E-state index is -0.0181. The van der Waals surface area contributed by atoms with E-state index in [4.69, 9.17) is 4.74 Å². The molecule has 116 valence electrons. The van der Waals surface area contributed by atoms with Gasteiger partial charge < -0.3 is 14.2 Å². The van der Waals surface area contributed by atoms with Crippen LogP contribution in [0.3, 0.4) is 0 Å². The van der Waals surface area contributed by atoms with E-state index in [0.29, 0.717) is 25.7 Å². The second kappa shape index (κ2) is 5.52. The van der Waals surface area contributed by atoms with Gasteiger partial charge in [0.2, 0.25) is 0 Å². The molecule has 0 unspecified atom stereocenters. The number of rotatable bonds is 3. The molecule has 1 amide bonds. The molecule has 2 fully saturated rings. The molecule has 5 nitrogen and oxygen atoms in total. The molecular formula is C16H19N3O2S. The van der Waals surface area contributed by atoms with Crippen LogP contribution in [0.2, 0.25) is 0 Å². The topological polar surface area (TPSA) is 47.4 Å². The fourth-order valence-corrected chi connectivity index (χ4v) is 3.93. The molecule has 1 atom stereocenters. The monoisotopic (exact) mass is 317 g/mol. The third-order valence-corrected chi connectivity index (χ3v) is 5.30. The van der Waals surface area contributed by atoms with Gasteiger partial charge in [0, 0.05) is 31.4 Å². The van der Waals surface area contributed by atoms with Gasteiger partial charge in [-0.2, -0.15) is 0 Å². The van der Waals surface area contributed by atoms with E-state index in [-0.39, 0.29) is 11.9 Å². The number of amides is 1. The fraction of sp³-hybridized carbons (Fsp3) is 0.500. The highest BCUT2D eigenvalue weighted by molar-refractivity contribution is 7.11. The Morgan fingerprint density at radius 2 is 2.32 bits per heavy atom. The highest BCUT2D eigenvalue weighted by Gasteiger charge is 2.36. The summed E-state index contributed by atoms with van der Waals surface area (Å²) in [7, 11) is 2.01. The highest BCUT2D eigenvalue weighted by atomic mass is 32.1. The van der Waals surface area contributed by atoms with E-state index < -0.39 is 0 Å². The third kappa shape index (κ3) is 2.36. The van der Waals surface area contributed by atoms with Crippen molar-refractivity contribution in [3.05, 3.63) is 40.1 Å². The van der Waals surface area contributed by atoms with Gasteiger partial charge in [-0.05, 0) is 25.0 Å². The van der Waals surface area contributed by atoms with Crippen LogP contribution in [0.5, 0.6) is 0 Å². The second-order valence-corrected chi connectivity index (χ2v) is 6.83. The lowest BCUT2D eigenvalue weighted by Crippen LogP contribution is -2.44. The number of thiazole rings is 1. The van der Waals surface area contributed by atoms with Crippen LogP contribution >= 0.6 is 11.3 Å². The van der Waals surface area contributed by atoms with Crippen LogP contribution in [-0.2, 0) is 11.8 Å². The Morgan fingerprint density at radius 1 is 1.45 bits per heavy atom. The van der Waals surface area contributed by atoms with Crippen molar-refractivity contribution in [2.75, 3.05) is 19.8 Å². The van der Waals surface area contributed by atoms with Gasteiger partial charge in [-0.15, -0.1) is 11.3 Å². The smallest absolute Gasteiger partial charge is 0.266 e. The molecule has 1 saturated heterocycles. The molecule has 1 aliphatic heterocycles. The maximum absolute atomic E-state index is 13.1. The number of carbonyl (C=O) groups is 1. The molecule has 0 spiro atoms. The van der Waals surface area contributed by atoms with Crippen LogP contribution < -0.4 is 0 Å². The zero-order valence-electron chi connectivity index (χ0n) is 12.6. The zero-order valence-corrected chi connectivity index (χ0v) is 13.4. The fourth-order valence-electron chi connectivity index (χ4n) is 3.11. The maximum Gasteiger partial charge on any atom is 0.266 e. The molecule has 0 N–H and O–H groups in total. The van der Waals surface area contributed by atoms with Crippen LogP contribution in [0.25, 0.3) is 0 Å². The molecule has 3 heterocycles. The van der Waals surface area contributed by atoms with Gasteiger partial charge in [-0.3, -0.25) is 4.79 Å². The SMILES string of the molecule is Cn1cccc1[C@@H]1COCCN1C(=O)c1scnc1C1CC1. The van der Waals surface area contributed by atoms with E-state index in [1.807, 2.05) is 24.2 Å². The molecule has 6 heteroatoms. The molecule has 0 aromatic carbocycles. The number of carbonyl (C=O) groups excluding carboxylic acids is 1. The molecule has 2 aliphatic rings. The Morgan fingerprint density at radius 3 is 3.05 bits per heavy atom. The second-order valence-electron chi connectivity index (χ2n) is 5.97. The number of nitrogens with zero attached hydrogens (tertiary/aromatic N) is 3. The average molecular weight is 317 g/mol. The van der Waals surface area contributed by atoms with Crippen LogP contribution in [0, 0.1) is 0 Å². The van der Waals surface area contributed by atoms with Crippen molar-refractivity contribution in [1.29, 1.82) is 0 Å². The normalized spacial score (nSPS) is 22.0. The van der Waals surface area contributed by atoms with Crippen molar-refractivity contribution >= 4 is 17.2 Å². The Hall–Kier alpha value is -1.66. The van der Waals surface area contributed by atoms with Gasteiger partial charge in [-0.25, -0.2) is 4.98 Å². The van der Waals surface area contributed by atoms with Gasteiger partial charge in [0.15, 0.2) is 0 Å². The van der Waals surface area contributed by atoms with Gasteiger partial charge >= 0.3 is 0 Å². The lowest BCUT2D eigenvalue weighted by Gasteiger charge is -2.35. The van der Waals surface area contributed by atoms with Crippen molar-refractivity contribution < 1.29 is 9.53 Å². The van der Waals surface area contributed by atoms with E-state index in [1.54, 1.807) is 5.51 Å². The minimum Gasteiger partial charge on any atom is -0.377 e. The number of morpholine rings is 1. The zero-order chi connectivity index (χ0) is 15.1. The Labute approximate surface area is 133 Å². The van der Waals surface area contributed by atoms with Crippen LogP contribution in [0.15, 0.2) is 23.8 Å². The first-order chi connectivity index (χ1) is 10.8. The molecule has 0 bridgehead atoms. The first-order valence-electron chi connectivity index (χ1n) is 7.69. The Kier molecular flexibility index (Phi) is 3.50. The van der Waals surface area contributed by atoms with Gasteiger partial charge in [0.1, 0.15) is 4.88 Å². The third-order valence-electron chi connectivity index (χ3n) is 4.47. The molecule has 2 aromatic rings. The first kappa shape index (κ1) is 14.0. The van der Waals surface area contributed by atoms with Gasteiger partial charge in [0.05, 0.1) is 30.5 Å². The summed E-state index contributed by atoms with van der Waals surface area (Å²) < 4.78 is 7.69. The molecule has 1 saturated carbocycles. The van der Waals surface area contributed by atoms with Crippen LogP contribution in [0.4, 0.5) is 0 Å². The number of hydrogen-bond acceptors (Lipinski definition) is 4. The molecule has 4 rings (SSSR count). The summed E-state index contributed by atoms with van der Waals surface area (Å²) in [5.74, 6) is 0.610. The van der Waals surface area contributed by atoms with Gasteiger partial charge in [0.25, 0.3) is 5.91 Å². The lowest BCUT2D eigenvalue weighted by molar-refractivity contribution is -0.00444. The van der Waals surface area contributed by atoms with E-state index in [9.17, 15) is 4.79 Å². The summed E-state index contributed by atoms with van der Waals surface area (Å²) in [6, 6.07) is 4.05. The van der Waals surface area contributed by atoms with Crippen LogP contribution in [-0.4, -0.2) is 40.1 Å². The summed E-state index contributed by atoms with van der Waals surface area (Å²) in [5, 5.41) is 0. The van der Waals surface area contributed by atoms with E-state index >= 15 is 0 Å². The van der Waals surface area contributed by atoms with Crippen molar-refractivity contribution in [3.8, 4) is 0 Å². The Bertz CT molecular complexity index is 689. The molecule has 22 heavy (non-hydrogen) atoms. The number of aryl methyl sites for hydroxylation is 1. The Balaban J connectivity index is 1.65. The van der Waals surface area contributed by atoms with Gasteiger partial charge in [-0.1, -0.05) is 0 Å². The van der Waals surface area contributed by atoms with Crippen molar-refractivity contribution in [2.24, 2.45) is 7.05 Å².